The van der Waals surface area contributed by atoms with Gasteiger partial charge in [-0.15, -0.1) is 0 Å². The summed E-state index contributed by atoms with van der Waals surface area (Å²) in [5.41, 5.74) is 0. The van der Waals surface area contributed by atoms with E-state index in [4.69, 9.17) is 0 Å². The van der Waals surface area contributed by atoms with E-state index >= 15 is 0 Å². The van der Waals surface area contributed by atoms with Crippen molar-refractivity contribution in [1.29, 1.82) is 0 Å². The lowest BCUT2D eigenvalue weighted by atomic mass is 10.2. The lowest BCUT2D eigenvalue weighted by Crippen LogP contribution is -2.44. The molecule has 1 fully saturated rings. The van der Waals surface area contributed by atoms with Crippen LogP contribution in [0.4, 0.5) is 8.78 Å². The van der Waals surface area contributed by atoms with E-state index in [1.54, 1.807) is 0 Å². The molecule has 1 aliphatic rings. The molecule has 1 aromatic carbocycles. The Morgan fingerprint density at radius 1 is 1.32 bits per heavy atom. The average Bonchev–Trinajstić information content (AvgIpc) is 2.85. The molecular weight excluding hydrogens is 378 g/mol. The van der Waals surface area contributed by atoms with Gasteiger partial charge in [-0.1, -0.05) is 6.92 Å². The van der Waals surface area contributed by atoms with Crippen molar-refractivity contribution in [3.8, 4) is 0 Å². The average molecular weight is 396 g/mol. The first-order valence-corrected chi connectivity index (χ1v) is 10.8. The van der Waals surface area contributed by atoms with E-state index < -0.39 is 54.9 Å². The second-order valence-electron chi connectivity index (χ2n) is 5.67. The number of likely N-dealkylation sites (N-methyl/N-ethyl adjacent to an activating group) is 1. The number of rotatable bonds is 6. The second kappa shape index (κ2) is 7.34. The number of benzene rings is 1. The number of hydrogen-bond acceptors (Lipinski definition) is 5. The van der Waals surface area contributed by atoms with Crippen LogP contribution in [0.2, 0.25) is 0 Å². The van der Waals surface area contributed by atoms with Gasteiger partial charge in [0.15, 0.2) is 21.5 Å². The van der Waals surface area contributed by atoms with Gasteiger partial charge in [0.2, 0.25) is 15.9 Å². The van der Waals surface area contributed by atoms with E-state index in [9.17, 15) is 30.4 Å². The Labute approximate surface area is 145 Å². The smallest absolute Gasteiger partial charge is 0.243 e. The Kier molecular flexibility index (Phi) is 5.79. The largest absolute Gasteiger partial charge is 0.351 e. The van der Waals surface area contributed by atoms with E-state index in [2.05, 4.69) is 5.32 Å². The lowest BCUT2D eigenvalue weighted by Gasteiger charge is -2.21. The molecule has 0 bridgehead atoms. The summed E-state index contributed by atoms with van der Waals surface area (Å²) in [5.74, 6) is -3.35. The standard InChI is InChI=1S/C14H18F2N2O5S2/c1-2-18(8-14(19)17-10-5-6-24(20,21)9-10)25(22,23)11-3-4-12(15)13(16)7-11/h3-4,7,10H,2,5-6,8-9H2,1H3,(H,17,19). The summed E-state index contributed by atoms with van der Waals surface area (Å²) >= 11 is 0. The normalized spacial score (nSPS) is 19.9. The zero-order valence-electron chi connectivity index (χ0n) is 13.4. The zero-order chi connectivity index (χ0) is 18.8. The Hall–Kier alpha value is -1.59. The van der Waals surface area contributed by atoms with Gasteiger partial charge in [-0.3, -0.25) is 4.79 Å². The highest BCUT2D eigenvalue weighted by molar-refractivity contribution is 7.91. The summed E-state index contributed by atoms with van der Waals surface area (Å²) in [7, 11) is -7.37. The van der Waals surface area contributed by atoms with Crippen molar-refractivity contribution >= 4 is 25.8 Å². The minimum Gasteiger partial charge on any atom is -0.351 e. The molecule has 25 heavy (non-hydrogen) atoms. The SMILES string of the molecule is CCN(CC(=O)NC1CCS(=O)(=O)C1)S(=O)(=O)c1ccc(F)c(F)c1. The molecule has 0 radical (unpaired) electrons. The molecule has 1 heterocycles. The van der Waals surface area contributed by atoms with Gasteiger partial charge in [0.25, 0.3) is 0 Å². The highest BCUT2D eigenvalue weighted by atomic mass is 32.2. The van der Waals surface area contributed by atoms with E-state index in [-0.39, 0.29) is 24.5 Å². The molecule has 1 amide bonds. The molecule has 140 valence electrons. The van der Waals surface area contributed by atoms with Crippen LogP contribution >= 0.6 is 0 Å². The minimum absolute atomic E-state index is 0.0252. The highest BCUT2D eigenvalue weighted by Gasteiger charge is 2.31. The predicted molar refractivity (Wildman–Crippen MR) is 86.0 cm³/mol. The molecule has 1 unspecified atom stereocenters. The maximum absolute atomic E-state index is 13.3. The number of halogens is 2. The Bertz CT molecular complexity index is 871. The van der Waals surface area contributed by atoms with Crippen molar-refractivity contribution in [1.82, 2.24) is 9.62 Å². The van der Waals surface area contributed by atoms with Gasteiger partial charge in [0, 0.05) is 12.6 Å². The molecule has 1 atom stereocenters. The van der Waals surface area contributed by atoms with E-state index in [1.807, 2.05) is 0 Å². The van der Waals surface area contributed by atoms with Crippen molar-refractivity contribution in [3.05, 3.63) is 29.8 Å². The summed E-state index contributed by atoms with van der Waals surface area (Å²) in [6, 6.07) is 1.61. The van der Waals surface area contributed by atoms with Gasteiger partial charge in [-0.05, 0) is 24.6 Å². The summed E-state index contributed by atoms with van der Waals surface area (Å²) in [6.07, 6.45) is 0.274. The van der Waals surface area contributed by atoms with Crippen molar-refractivity contribution in [2.24, 2.45) is 0 Å². The zero-order valence-corrected chi connectivity index (χ0v) is 15.0. The fraction of sp³-hybridized carbons (Fsp3) is 0.500. The predicted octanol–water partition coefficient (Wildman–Crippen LogP) is 0.279. The molecule has 2 rings (SSSR count). The monoisotopic (exact) mass is 396 g/mol. The molecule has 1 saturated heterocycles. The van der Waals surface area contributed by atoms with E-state index in [1.165, 1.54) is 6.92 Å². The number of carbonyl (C=O) groups is 1. The van der Waals surface area contributed by atoms with Gasteiger partial charge >= 0.3 is 0 Å². The van der Waals surface area contributed by atoms with Gasteiger partial charge in [0.1, 0.15) is 0 Å². The third kappa shape index (κ3) is 4.73. The quantitative estimate of drug-likeness (QED) is 0.744. The minimum atomic E-state index is -4.19. The summed E-state index contributed by atoms with van der Waals surface area (Å²) in [6.45, 7) is 0.872. The van der Waals surface area contributed by atoms with E-state index in [0.29, 0.717) is 12.1 Å². The molecular formula is C14H18F2N2O5S2. The third-order valence-electron chi connectivity index (χ3n) is 3.80. The van der Waals surface area contributed by atoms with Gasteiger partial charge < -0.3 is 5.32 Å². The van der Waals surface area contributed by atoms with Crippen molar-refractivity contribution in [3.63, 3.8) is 0 Å². The first kappa shape index (κ1) is 19.7. The highest BCUT2D eigenvalue weighted by Crippen LogP contribution is 2.18. The van der Waals surface area contributed by atoms with Crippen LogP contribution in [0.25, 0.3) is 0 Å². The Morgan fingerprint density at radius 3 is 2.52 bits per heavy atom. The lowest BCUT2D eigenvalue weighted by molar-refractivity contribution is -0.121. The first-order chi connectivity index (χ1) is 11.5. The van der Waals surface area contributed by atoms with Gasteiger partial charge in [-0.2, -0.15) is 4.31 Å². The summed E-state index contributed by atoms with van der Waals surface area (Å²) in [4.78, 5) is 11.6. The number of sulfone groups is 1. The number of sulfonamides is 1. The fourth-order valence-electron chi connectivity index (χ4n) is 2.50. The van der Waals surface area contributed by atoms with Crippen molar-refractivity contribution in [2.75, 3.05) is 24.6 Å². The number of carbonyl (C=O) groups excluding carboxylic acids is 1. The van der Waals surface area contributed by atoms with Crippen LogP contribution < -0.4 is 5.32 Å². The molecule has 1 N–H and O–H groups in total. The number of nitrogens with zero attached hydrogens (tertiary/aromatic N) is 1. The Morgan fingerprint density at radius 2 is 2.00 bits per heavy atom. The van der Waals surface area contributed by atoms with Crippen LogP contribution in [-0.4, -0.2) is 57.7 Å². The third-order valence-corrected chi connectivity index (χ3v) is 7.48. The second-order valence-corrected chi connectivity index (χ2v) is 9.84. The van der Waals surface area contributed by atoms with Gasteiger partial charge in [-0.25, -0.2) is 25.6 Å². The Balaban J connectivity index is 2.10. The van der Waals surface area contributed by atoms with Crippen LogP contribution in [0.3, 0.4) is 0 Å². The van der Waals surface area contributed by atoms with Gasteiger partial charge in [0.05, 0.1) is 22.9 Å². The maximum Gasteiger partial charge on any atom is 0.243 e. The number of nitrogens with one attached hydrogen (secondary N) is 1. The maximum atomic E-state index is 13.3. The number of hydrogen-bond donors (Lipinski definition) is 1. The molecule has 0 saturated carbocycles. The molecule has 0 spiro atoms. The van der Waals surface area contributed by atoms with Crippen molar-refractivity contribution < 1.29 is 30.4 Å². The van der Waals surface area contributed by atoms with Crippen LogP contribution in [0.5, 0.6) is 0 Å². The first-order valence-electron chi connectivity index (χ1n) is 7.50. The molecule has 7 nitrogen and oxygen atoms in total. The van der Waals surface area contributed by atoms with Crippen LogP contribution in [0, 0.1) is 11.6 Å². The topological polar surface area (TPSA) is 101 Å². The van der Waals surface area contributed by atoms with Crippen LogP contribution in [0.15, 0.2) is 23.1 Å². The molecule has 11 heteroatoms. The fourth-order valence-corrected chi connectivity index (χ4v) is 5.59. The van der Waals surface area contributed by atoms with Crippen LogP contribution in [0.1, 0.15) is 13.3 Å². The van der Waals surface area contributed by atoms with E-state index in [0.717, 1.165) is 10.4 Å². The van der Waals surface area contributed by atoms with Crippen molar-refractivity contribution in [2.45, 2.75) is 24.3 Å². The van der Waals surface area contributed by atoms with Crippen LogP contribution in [-0.2, 0) is 24.7 Å². The molecule has 0 aromatic heterocycles. The molecule has 0 aliphatic carbocycles. The molecule has 1 aliphatic heterocycles. The summed E-state index contributed by atoms with van der Waals surface area (Å²) < 4.78 is 74.8. The molecule has 1 aromatic rings. The number of amides is 1. The summed E-state index contributed by atoms with van der Waals surface area (Å²) in [5, 5.41) is 2.49.